The molecule has 0 spiro atoms. The van der Waals surface area contributed by atoms with Gasteiger partial charge in [0.25, 0.3) is 0 Å². The van der Waals surface area contributed by atoms with Gasteiger partial charge in [-0.05, 0) is 36.5 Å². The predicted octanol–water partition coefficient (Wildman–Crippen LogP) is 5.32. The van der Waals surface area contributed by atoms with Crippen molar-refractivity contribution in [1.82, 2.24) is 0 Å². The van der Waals surface area contributed by atoms with Crippen molar-refractivity contribution < 1.29 is 0 Å². The second kappa shape index (κ2) is 4.47. The minimum atomic E-state index is 0.671. The zero-order chi connectivity index (χ0) is 10.8. The predicted molar refractivity (Wildman–Crippen MR) is 67.0 cm³/mol. The molecule has 0 aliphatic heterocycles. The molecule has 2 aliphatic rings. The van der Waals surface area contributed by atoms with E-state index in [-0.39, 0.29) is 0 Å². The van der Waals surface area contributed by atoms with E-state index in [0.717, 1.165) is 0 Å². The largest absolute Gasteiger partial charge is 0.0591 e. The van der Waals surface area contributed by atoms with Gasteiger partial charge in [0.15, 0.2) is 0 Å². The molecule has 88 valence electrons. The zero-order valence-corrected chi connectivity index (χ0v) is 10.8. The molecule has 0 radical (unpaired) electrons. The van der Waals surface area contributed by atoms with E-state index in [0.29, 0.717) is 10.8 Å². The van der Waals surface area contributed by atoms with Crippen LogP contribution in [0.2, 0.25) is 0 Å². The average molecular weight is 208 g/mol. The summed E-state index contributed by atoms with van der Waals surface area (Å²) in [5.74, 6) is 0. The third kappa shape index (κ3) is 2.24. The van der Waals surface area contributed by atoms with Crippen LogP contribution in [0.4, 0.5) is 0 Å². The van der Waals surface area contributed by atoms with Gasteiger partial charge in [0, 0.05) is 0 Å². The Morgan fingerprint density at radius 1 is 0.467 bits per heavy atom. The standard InChI is InChI=1S/C15H28/c1-14(10-6-3-4-7-11-14)15(2)12-8-5-9-13-15/h3-13H2,1-2H3. The number of hydrogen-bond donors (Lipinski definition) is 0. The molecule has 2 saturated carbocycles. The van der Waals surface area contributed by atoms with Crippen LogP contribution in [0.3, 0.4) is 0 Å². The fourth-order valence-electron chi connectivity index (χ4n) is 4.05. The van der Waals surface area contributed by atoms with Gasteiger partial charge in [-0.25, -0.2) is 0 Å². The van der Waals surface area contributed by atoms with Gasteiger partial charge in [0.05, 0.1) is 0 Å². The van der Waals surface area contributed by atoms with Crippen LogP contribution in [-0.2, 0) is 0 Å². The third-order valence-corrected chi connectivity index (χ3v) is 5.62. The van der Waals surface area contributed by atoms with Gasteiger partial charge >= 0.3 is 0 Å². The number of rotatable bonds is 1. The van der Waals surface area contributed by atoms with E-state index < -0.39 is 0 Å². The van der Waals surface area contributed by atoms with Crippen LogP contribution >= 0.6 is 0 Å². The molecule has 0 nitrogen and oxygen atoms in total. The molecule has 0 heterocycles. The summed E-state index contributed by atoms with van der Waals surface area (Å²) in [4.78, 5) is 0. The Morgan fingerprint density at radius 3 is 1.07 bits per heavy atom. The van der Waals surface area contributed by atoms with Crippen molar-refractivity contribution in [3.8, 4) is 0 Å². The zero-order valence-electron chi connectivity index (χ0n) is 10.8. The van der Waals surface area contributed by atoms with E-state index in [1.165, 1.54) is 70.6 Å². The molecule has 0 aromatic rings. The summed E-state index contributed by atoms with van der Waals surface area (Å²) in [6, 6.07) is 0. The average Bonchev–Trinajstić information content (AvgIpc) is 2.45. The van der Waals surface area contributed by atoms with Crippen molar-refractivity contribution in [2.45, 2.75) is 84.5 Å². The van der Waals surface area contributed by atoms with Crippen LogP contribution in [0.1, 0.15) is 84.5 Å². The molecular formula is C15H28. The highest BCUT2D eigenvalue weighted by molar-refractivity contribution is 4.94. The van der Waals surface area contributed by atoms with E-state index in [9.17, 15) is 0 Å². The van der Waals surface area contributed by atoms with Crippen molar-refractivity contribution in [2.24, 2.45) is 10.8 Å². The molecule has 2 aliphatic carbocycles. The maximum absolute atomic E-state index is 2.60. The smallest absolute Gasteiger partial charge is 0.0272 e. The topological polar surface area (TPSA) is 0 Å². The van der Waals surface area contributed by atoms with Crippen molar-refractivity contribution >= 4 is 0 Å². The molecule has 0 unspecified atom stereocenters. The Labute approximate surface area is 95.8 Å². The van der Waals surface area contributed by atoms with Gasteiger partial charge in [-0.3, -0.25) is 0 Å². The maximum Gasteiger partial charge on any atom is -0.0272 e. The molecule has 0 aromatic carbocycles. The maximum atomic E-state index is 2.60. The van der Waals surface area contributed by atoms with Gasteiger partial charge in [-0.2, -0.15) is 0 Å². The normalized spacial score (nSPS) is 30.8. The first-order chi connectivity index (χ1) is 7.16. The first kappa shape index (κ1) is 11.5. The highest BCUT2D eigenvalue weighted by Crippen LogP contribution is 2.55. The first-order valence-corrected chi connectivity index (χ1v) is 7.16. The highest BCUT2D eigenvalue weighted by atomic mass is 14.5. The third-order valence-electron chi connectivity index (χ3n) is 5.62. The van der Waals surface area contributed by atoms with E-state index in [1.54, 1.807) is 0 Å². The van der Waals surface area contributed by atoms with Crippen LogP contribution < -0.4 is 0 Å². The SMILES string of the molecule is CC1(C2(C)CCCCC2)CCCCCC1. The molecule has 0 saturated heterocycles. The molecule has 0 heteroatoms. The summed E-state index contributed by atoms with van der Waals surface area (Å²) in [6.07, 6.45) is 16.5. The lowest BCUT2D eigenvalue weighted by Crippen LogP contribution is -2.38. The Balaban J connectivity index is 2.10. The highest BCUT2D eigenvalue weighted by Gasteiger charge is 2.44. The quantitative estimate of drug-likeness (QED) is 0.512. The minimum Gasteiger partial charge on any atom is -0.0591 e. The summed E-state index contributed by atoms with van der Waals surface area (Å²) in [5.41, 5.74) is 1.35. The molecule has 2 fully saturated rings. The molecule has 0 atom stereocenters. The van der Waals surface area contributed by atoms with Gasteiger partial charge in [0.2, 0.25) is 0 Å². The van der Waals surface area contributed by atoms with Crippen molar-refractivity contribution in [3.63, 3.8) is 0 Å². The van der Waals surface area contributed by atoms with E-state index in [4.69, 9.17) is 0 Å². The Kier molecular flexibility index (Phi) is 3.42. The lowest BCUT2D eigenvalue weighted by Gasteiger charge is -2.49. The van der Waals surface area contributed by atoms with Crippen LogP contribution in [0.5, 0.6) is 0 Å². The molecule has 0 N–H and O–H groups in total. The van der Waals surface area contributed by atoms with Crippen LogP contribution in [0, 0.1) is 10.8 Å². The van der Waals surface area contributed by atoms with Crippen molar-refractivity contribution in [1.29, 1.82) is 0 Å². The molecule has 0 bridgehead atoms. The molecule has 2 rings (SSSR count). The Hall–Kier alpha value is 0. The monoisotopic (exact) mass is 208 g/mol. The lowest BCUT2D eigenvalue weighted by atomic mass is 9.56. The fraction of sp³-hybridized carbons (Fsp3) is 1.00. The van der Waals surface area contributed by atoms with E-state index >= 15 is 0 Å². The molecule has 15 heavy (non-hydrogen) atoms. The summed E-state index contributed by atoms with van der Waals surface area (Å²) in [6.45, 7) is 5.20. The second-order valence-electron chi connectivity index (χ2n) is 6.60. The minimum absolute atomic E-state index is 0.671. The van der Waals surface area contributed by atoms with E-state index in [1.807, 2.05) is 0 Å². The summed E-state index contributed by atoms with van der Waals surface area (Å²) >= 11 is 0. The summed E-state index contributed by atoms with van der Waals surface area (Å²) in [5, 5.41) is 0. The second-order valence-corrected chi connectivity index (χ2v) is 6.60. The van der Waals surface area contributed by atoms with Crippen LogP contribution in [0.25, 0.3) is 0 Å². The lowest BCUT2D eigenvalue weighted by molar-refractivity contribution is 0.0142. The number of hydrogen-bond acceptors (Lipinski definition) is 0. The van der Waals surface area contributed by atoms with Gasteiger partial charge in [-0.1, -0.05) is 58.8 Å². The van der Waals surface area contributed by atoms with Crippen LogP contribution in [0.15, 0.2) is 0 Å². The van der Waals surface area contributed by atoms with Crippen molar-refractivity contribution in [3.05, 3.63) is 0 Å². The van der Waals surface area contributed by atoms with Gasteiger partial charge in [-0.15, -0.1) is 0 Å². The summed E-state index contributed by atoms with van der Waals surface area (Å²) in [7, 11) is 0. The summed E-state index contributed by atoms with van der Waals surface area (Å²) < 4.78 is 0. The molecular weight excluding hydrogens is 180 g/mol. The Bertz CT molecular complexity index is 190. The molecule has 0 amide bonds. The van der Waals surface area contributed by atoms with Gasteiger partial charge in [0.1, 0.15) is 0 Å². The Morgan fingerprint density at radius 2 is 0.733 bits per heavy atom. The van der Waals surface area contributed by atoms with Gasteiger partial charge < -0.3 is 0 Å². The first-order valence-electron chi connectivity index (χ1n) is 7.16. The van der Waals surface area contributed by atoms with Crippen molar-refractivity contribution in [2.75, 3.05) is 0 Å². The van der Waals surface area contributed by atoms with Crippen LogP contribution in [-0.4, -0.2) is 0 Å². The fourth-order valence-corrected chi connectivity index (χ4v) is 4.05. The van der Waals surface area contributed by atoms with E-state index in [2.05, 4.69) is 13.8 Å². The molecule has 0 aromatic heterocycles.